The molecule has 3 heterocycles. The van der Waals surface area contributed by atoms with Crippen molar-refractivity contribution >= 4 is 29.0 Å². The van der Waals surface area contributed by atoms with Gasteiger partial charge in [0.25, 0.3) is 0 Å². The van der Waals surface area contributed by atoms with Crippen LogP contribution in [0.15, 0.2) is 24.4 Å². The summed E-state index contributed by atoms with van der Waals surface area (Å²) in [6.07, 6.45) is 4.35. The second-order valence-electron chi connectivity index (χ2n) is 9.67. The van der Waals surface area contributed by atoms with Gasteiger partial charge in [0, 0.05) is 23.3 Å². The summed E-state index contributed by atoms with van der Waals surface area (Å²) in [4.78, 5) is 11.0. The SMILES string of the molecule is CC(=N)N(N)c1cc(Nc2ncc(F)c(NC3CC(C)(C)N4CCCC4C3C)n2)ccc1F. The minimum atomic E-state index is -0.563. The number of amidine groups is 1. The van der Waals surface area contributed by atoms with Crippen molar-refractivity contribution in [3.8, 4) is 0 Å². The first-order valence-corrected chi connectivity index (χ1v) is 11.3. The van der Waals surface area contributed by atoms with E-state index in [1.807, 2.05) is 0 Å². The van der Waals surface area contributed by atoms with E-state index in [1.54, 1.807) is 0 Å². The number of rotatable bonds is 5. The molecule has 10 heteroatoms. The van der Waals surface area contributed by atoms with Gasteiger partial charge < -0.3 is 10.6 Å². The smallest absolute Gasteiger partial charge is 0.229 e. The van der Waals surface area contributed by atoms with Gasteiger partial charge in [0.15, 0.2) is 11.6 Å². The molecule has 2 aliphatic heterocycles. The molecule has 1 aromatic heterocycles. The number of hydrogen-bond donors (Lipinski definition) is 4. The maximum atomic E-state index is 14.6. The van der Waals surface area contributed by atoms with Crippen LogP contribution in [0.3, 0.4) is 0 Å². The van der Waals surface area contributed by atoms with Crippen LogP contribution in [-0.2, 0) is 0 Å². The van der Waals surface area contributed by atoms with Crippen molar-refractivity contribution in [2.45, 2.75) is 64.6 Å². The van der Waals surface area contributed by atoms with E-state index in [0.29, 0.717) is 17.6 Å². The lowest BCUT2D eigenvalue weighted by Crippen LogP contribution is -2.59. The Hall–Kier alpha value is -2.85. The van der Waals surface area contributed by atoms with Crippen molar-refractivity contribution in [3.05, 3.63) is 36.0 Å². The zero-order valence-electron chi connectivity index (χ0n) is 19.5. The minimum absolute atomic E-state index is 0.0130. The molecule has 3 atom stereocenters. The summed E-state index contributed by atoms with van der Waals surface area (Å²) < 4.78 is 28.8. The Morgan fingerprint density at radius 1 is 1.30 bits per heavy atom. The normalized spacial score (nSPS) is 24.3. The quantitative estimate of drug-likeness (QED) is 0.230. The third-order valence-corrected chi connectivity index (χ3v) is 6.93. The molecular formula is C23H32F2N8. The summed E-state index contributed by atoms with van der Waals surface area (Å²) >= 11 is 0. The van der Waals surface area contributed by atoms with Crippen molar-refractivity contribution < 1.29 is 8.78 Å². The van der Waals surface area contributed by atoms with Crippen LogP contribution >= 0.6 is 0 Å². The van der Waals surface area contributed by atoms with Crippen molar-refractivity contribution in [1.82, 2.24) is 14.9 Å². The molecule has 1 aromatic carbocycles. The van der Waals surface area contributed by atoms with E-state index in [2.05, 4.69) is 46.3 Å². The van der Waals surface area contributed by atoms with E-state index in [-0.39, 0.29) is 34.9 Å². The molecule has 8 nitrogen and oxygen atoms in total. The van der Waals surface area contributed by atoms with Gasteiger partial charge >= 0.3 is 0 Å². The average molecular weight is 459 g/mol. The summed E-state index contributed by atoms with van der Waals surface area (Å²) in [7, 11) is 0. The average Bonchev–Trinajstić information content (AvgIpc) is 3.26. The number of hydrogen-bond acceptors (Lipinski definition) is 7. The molecular weight excluding hydrogens is 426 g/mol. The largest absolute Gasteiger partial charge is 0.364 e. The van der Waals surface area contributed by atoms with E-state index < -0.39 is 11.6 Å². The highest BCUT2D eigenvalue weighted by Crippen LogP contribution is 2.41. The highest BCUT2D eigenvalue weighted by atomic mass is 19.1. The molecule has 2 fully saturated rings. The highest BCUT2D eigenvalue weighted by molar-refractivity contribution is 5.93. The molecule has 0 aliphatic carbocycles. The maximum absolute atomic E-state index is 14.6. The lowest BCUT2D eigenvalue weighted by atomic mass is 9.77. The summed E-state index contributed by atoms with van der Waals surface area (Å²) in [6.45, 7) is 9.29. The molecule has 0 bridgehead atoms. The number of nitrogens with zero attached hydrogens (tertiary/aromatic N) is 4. The first-order chi connectivity index (χ1) is 15.6. The van der Waals surface area contributed by atoms with Gasteiger partial charge in [0.1, 0.15) is 11.7 Å². The number of hydrazine groups is 1. The molecule has 0 spiro atoms. The monoisotopic (exact) mass is 458 g/mol. The Labute approximate surface area is 193 Å². The van der Waals surface area contributed by atoms with Gasteiger partial charge in [-0.2, -0.15) is 4.98 Å². The number of nitrogens with two attached hydrogens (primary N) is 1. The van der Waals surface area contributed by atoms with Crippen LogP contribution in [0.5, 0.6) is 0 Å². The van der Waals surface area contributed by atoms with Crippen molar-refractivity contribution in [2.75, 3.05) is 22.2 Å². The van der Waals surface area contributed by atoms with E-state index in [0.717, 1.165) is 30.6 Å². The standard InChI is InChI=1S/C23H32F2N8/c1-13-18(11-23(3,4)32-9-5-6-19(13)32)30-21-17(25)12-28-22(31-21)29-15-7-8-16(24)20(10-15)33(27)14(2)26/h7-8,10,12-13,18-19,26H,5-6,9,11,27H2,1-4H3,(H2,28,29,30,31). The number of benzene rings is 1. The third kappa shape index (κ3) is 4.63. The van der Waals surface area contributed by atoms with Gasteiger partial charge in [0.2, 0.25) is 5.95 Å². The molecule has 33 heavy (non-hydrogen) atoms. The molecule has 0 amide bonds. The zero-order valence-corrected chi connectivity index (χ0v) is 19.5. The van der Waals surface area contributed by atoms with E-state index >= 15 is 0 Å². The van der Waals surface area contributed by atoms with Crippen molar-refractivity contribution in [1.29, 1.82) is 5.41 Å². The molecule has 2 aromatic rings. The number of piperidine rings is 1. The van der Waals surface area contributed by atoms with Gasteiger partial charge in [-0.1, -0.05) is 6.92 Å². The number of halogens is 2. The summed E-state index contributed by atoms with van der Waals surface area (Å²) in [5, 5.41) is 14.9. The number of anilines is 4. The van der Waals surface area contributed by atoms with Crippen LogP contribution in [0.25, 0.3) is 0 Å². The summed E-state index contributed by atoms with van der Waals surface area (Å²) in [5.41, 5.74) is 0.531. The van der Waals surface area contributed by atoms with Crippen LogP contribution < -0.4 is 21.5 Å². The molecule has 3 unspecified atom stereocenters. The third-order valence-electron chi connectivity index (χ3n) is 6.93. The van der Waals surface area contributed by atoms with Gasteiger partial charge in [-0.05, 0) is 70.7 Å². The number of aromatic nitrogens is 2. The predicted molar refractivity (Wildman–Crippen MR) is 127 cm³/mol. The second kappa shape index (κ2) is 8.83. The van der Waals surface area contributed by atoms with Gasteiger partial charge in [-0.15, -0.1) is 0 Å². The predicted octanol–water partition coefficient (Wildman–Crippen LogP) is 4.24. The van der Waals surface area contributed by atoms with Gasteiger partial charge in [0.05, 0.1) is 11.9 Å². The van der Waals surface area contributed by atoms with E-state index in [9.17, 15) is 8.78 Å². The maximum Gasteiger partial charge on any atom is 0.229 e. The zero-order chi connectivity index (χ0) is 23.9. The second-order valence-corrected chi connectivity index (χ2v) is 9.67. The molecule has 0 saturated carbocycles. The molecule has 5 N–H and O–H groups in total. The van der Waals surface area contributed by atoms with Crippen molar-refractivity contribution in [3.63, 3.8) is 0 Å². The summed E-state index contributed by atoms with van der Waals surface area (Å²) in [5.74, 6) is 5.34. The van der Waals surface area contributed by atoms with Crippen molar-refractivity contribution in [2.24, 2.45) is 11.8 Å². The summed E-state index contributed by atoms with van der Waals surface area (Å²) in [6, 6.07) is 4.75. The van der Waals surface area contributed by atoms with Gasteiger partial charge in [-0.3, -0.25) is 15.3 Å². The van der Waals surface area contributed by atoms with Crippen LogP contribution in [0.2, 0.25) is 0 Å². The fourth-order valence-corrected chi connectivity index (χ4v) is 5.17. The topological polar surface area (TPSA) is 106 Å². The van der Waals surface area contributed by atoms with Crippen LogP contribution in [-0.4, -0.2) is 44.9 Å². The first-order valence-electron chi connectivity index (χ1n) is 11.3. The highest BCUT2D eigenvalue weighted by Gasteiger charge is 2.47. The lowest BCUT2D eigenvalue weighted by molar-refractivity contribution is 0.0164. The molecule has 2 aliphatic rings. The Bertz CT molecular complexity index is 1040. The lowest BCUT2D eigenvalue weighted by Gasteiger charge is -2.51. The Balaban J connectivity index is 1.54. The minimum Gasteiger partial charge on any atom is -0.364 e. The van der Waals surface area contributed by atoms with Crippen LogP contribution in [0, 0.1) is 23.0 Å². The Kier molecular flexibility index (Phi) is 6.24. The van der Waals surface area contributed by atoms with Gasteiger partial charge in [-0.25, -0.2) is 19.6 Å². The van der Waals surface area contributed by atoms with E-state index in [4.69, 9.17) is 11.3 Å². The molecule has 2 saturated heterocycles. The number of nitrogens with one attached hydrogen (secondary N) is 3. The fraction of sp³-hybridized carbons (Fsp3) is 0.522. The molecule has 178 valence electrons. The number of fused-ring (bicyclic) bond motifs is 1. The molecule has 0 radical (unpaired) electrons. The van der Waals surface area contributed by atoms with Crippen LogP contribution in [0.1, 0.15) is 47.0 Å². The van der Waals surface area contributed by atoms with Crippen LogP contribution in [0.4, 0.5) is 31.9 Å². The van der Waals surface area contributed by atoms with E-state index in [1.165, 1.54) is 31.5 Å². The molecule has 4 rings (SSSR count). The Morgan fingerprint density at radius 2 is 2.06 bits per heavy atom. The fourth-order valence-electron chi connectivity index (χ4n) is 5.17. The Morgan fingerprint density at radius 3 is 2.79 bits per heavy atom. The first kappa shape index (κ1) is 23.3.